The molecule has 0 aliphatic heterocycles. The molecule has 2 atom stereocenters. The summed E-state index contributed by atoms with van der Waals surface area (Å²) in [6.45, 7) is 6.28. The Balaban J connectivity index is 1.77. The molecule has 2 aromatic heterocycles. The molecule has 0 bridgehead atoms. The molecule has 168 valence electrons. The van der Waals surface area contributed by atoms with Crippen LogP contribution in [0.3, 0.4) is 0 Å². The molecule has 32 heavy (non-hydrogen) atoms. The lowest BCUT2D eigenvalue weighted by molar-refractivity contribution is 0.0646. The minimum atomic E-state index is -3.04. The predicted octanol–water partition coefficient (Wildman–Crippen LogP) is 4.70. The van der Waals surface area contributed by atoms with Crippen molar-refractivity contribution in [1.29, 1.82) is 0 Å². The second-order valence-corrected chi connectivity index (χ2v) is 8.05. The highest BCUT2D eigenvalue weighted by Crippen LogP contribution is 2.34. The van der Waals surface area contributed by atoms with Crippen molar-refractivity contribution in [2.45, 2.75) is 32.5 Å². The van der Waals surface area contributed by atoms with Crippen molar-refractivity contribution < 1.29 is 18.3 Å². The van der Waals surface area contributed by atoms with Crippen LogP contribution in [0.4, 0.5) is 8.78 Å². The van der Waals surface area contributed by atoms with E-state index in [1.54, 1.807) is 29.4 Å². The molecule has 2 unspecified atom stereocenters. The van der Waals surface area contributed by atoms with E-state index in [0.29, 0.717) is 23.5 Å². The number of carbonyl (C=O) groups excluding carboxylic acids is 1. The molecule has 3 aromatic rings. The number of nitrogens with zero attached hydrogens (tertiary/aromatic N) is 4. The SMILES string of the molecule is CCN(C(=O)c1cccc(C)c1-c1ncccn1)C(C)COc1ccc(C(F)(F)P)cn1. The van der Waals surface area contributed by atoms with Crippen LogP contribution in [-0.4, -0.2) is 45.0 Å². The molecule has 6 nitrogen and oxygen atoms in total. The molecule has 0 spiro atoms. The van der Waals surface area contributed by atoms with Crippen LogP contribution in [-0.2, 0) is 5.66 Å². The highest BCUT2D eigenvalue weighted by atomic mass is 31.0. The zero-order chi connectivity index (χ0) is 23.3. The number of halogens is 2. The second kappa shape index (κ2) is 10.1. The molecule has 9 heteroatoms. The van der Waals surface area contributed by atoms with Gasteiger partial charge in [0.25, 0.3) is 11.6 Å². The zero-order valence-corrected chi connectivity index (χ0v) is 19.3. The maximum atomic E-state index is 13.4. The molecule has 1 amide bonds. The molecule has 3 rings (SSSR count). The van der Waals surface area contributed by atoms with Crippen molar-refractivity contribution in [2.24, 2.45) is 0 Å². The van der Waals surface area contributed by atoms with Gasteiger partial charge in [0, 0.05) is 42.3 Å². The van der Waals surface area contributed by atoms with Crippen molar-refractivity contribution in [3.63, 3.8) is 0 Å². The summed E-state index contributed by atoms with van der Waals surface area (Å²) >= 11 is 0. The average molecular weight is 458 g/mol. The topological polar surface area (TPSA) is 68.2 Å². The Bertz CT molecular complexity index is 1060. The Morgan fingerprint density at radius 3 is 2.47 bits per heavy atom. The summed E-state index contributed by atoms with van der Waals surface area (Å²) < 4.78 is 32.3. The first-order valence-corrected chi connectivity index (χ1v) is 10.7. The van der Waals surface area contributed by atoms with E-state index in [0.717, 1.165) is 11.8 Å². The molecule has 0 saturated heterocycles. The van der Waals surface area contributed by atoms with Crippen LogP contribution in [0.5, 0.6) is 5.88 Å². The number of amides is 1. The lowest BCUT2D eigenvalue weighted by Crippen LogP contribution is -2.42. The summed E-state index contributed by atoms with van der Waals surface area (Å²) in [5, 5.41) is 0. The van der Waals surface area contributed by atoms with Gasteiger partial charge in [0.05, 0.1) is 11.6 Å². The van der Waals surface area contributed by atoms with Crippen LogP contribution < -0.4 is 4.74 Å². The number of likely N-dealkylation sites (N-methyl/N-ethyl adjacent to an activating group) is 1. The Morgan fingerprint density at radius 2 is 1.88 bits per heavy atom. The molecule has 0 N–H and O–H groups in total. The van der Waals surface area contributed by atoms with Crippen LogP contribution in [0.1, 0.15) is 35.3 Å². The first kappa shape index (κ1) is 23.7. The van der Waals surface area contributed by atoms with Crippen LogP contribution in [0, 0.1) is 6.92 Å². The Hall–Kier alpha value is -2.99. The van der Waals surface area contributed by atoms with E-state index in [4.69, 9.17) is 4.74 Å². The quantitative estimate of drug-likeness (QED) is 0.458. The molecule has 0 radical (unpaired) electrons. The largest absolute Gasteiger partial charge is 0.475 e. The summed E-state index contributed by atoms with van der Waals surface area (Å²) in [4.78, 5) is 27.7. The van der Waals surface area contributed by atoms with E-state index in [2.05, 4.69) is 15.0 Å². The first-order valence-electron chi connectivity index (χ1n) is 10.2. The van der Waals surface area contributed by atoms with Crippen LogP contribution >= 0.6 is 9.24 Å². The van der Waals surface area contributed by atoms with Gasteiger partial charge in [0.15, 0.2) is 5.82 Å². The number of aryl methyl sites for hydroxylation is 1. The predicted molar refractivity (Wildman–Crippen MR) is 122 cm³/mol. The summed E-state index contributed by atoms with van der Waals surface area (Å²) in [7, 11) is 1.48. The van der Waals surface area contributed by atoms with Gasteiger partial charge in [-0.1, -0.05) is 21.4 Å². The van der Waals surface area contributed by atoms with Gasteiger partial charge in [-0.15, -0.1) is 0 Å². The van der Waals surface area contributed by atoms with E-state index in [1.807, 2.05) is 32.9 Å². The molecular weight excluding hydrogens is 433 g/mol. The smallest absolute Gasteiger partial charge is 0.285 e. The number of rotatable bonds is 8. The van der Waals surface area contributed by atoms with Crippen LogP contribution in [0.25, 0.3) is 11.4 Å². The highest BCUT2D eigenvalue weighted by molar-refractivity contribution is 7.17. The fourth-order valence-corrected chi connectivity index (χ4v) is 3.51. The fourth-order valence-electron chi connectivity index (χ4n) is 3.34. The average Bonchev–Trinajstić information content (AvgIpc) is 2.78. The Morgan fingerprint density at radius 1 is 1.16 bits per heavy atom. The number of aromatic nitrogens is 3. The summed E-state index contributed by atoms with van der Waals surface area (Å²) in [6, 6.07) is 9.60. The van der Waals surface area contributed by atoms with Gasteiger partial charge in [0.2, 0.25) is 5.88 Å². The number of benzene rings is 1. The molecule has 1 aromatic carbocycles. The summed E-state index contributed by atoms with van der Waals surface area (Å²) in [5.74, 6) is 0.539. The van der Waals surface area contributed by atoms with Gasteiger partial charge < -0.3 is 9.64 Å². The van der Waals surface area contributed by atoms with Gasteiger partial charge >= 0.3 is 0 Å². The number of carbonyl (C=O) groups is 1. The first-order chi connectivity index (χ1) is 15.2. The zero-order valence-electron chi connectivity index (χ0n) is 18.1. The van der Waals surface area contributed by atoms with Crippen molar-refractivity contribution in [1.82, 2.24) is 19.9 Å². The van der Waals surface area contributed by atoms with Crippen LogP contribution in [0.2, 0.25) is 0 Å². The molecule has 0 aliphatic carbocycles. The van der Waals surface area contributed by atoms with Crippen molar-refractivity contribution in [2.75, 3.05) is 13.2 Å². The van der Waals surface area contributed by atoms with Gasteiger partial charge in [-0.05, 0) is 44.5 Å². The maximum Gasteiger partial charge on any atom is 0.285 e. The molecule has 2 heterocycles. The van der Waals surface area contributed by atoms with Crippen LogP contribution in [0.15, 0.2) is 55.0 Å². The lowest BCUT2D eigenvalue weighted by atomic mass is 9.99. The minimum Gasteiger partial charge on any atom is -0.475 e. The maximum absolute atomic E-state index is 13.4. The summed E-state index contributed by atoms with van der Waals surface area (Å²) in [6.07, 6.45) is 4.36. The molecular formula is C23H25F2N4O2P. The molecule has 0 aliphatic rings. The third kappa shape index (κ3) is 5.43. The third-order valence-corrected chi connectivity index (χ3v) is 5.35. The van der Waals surface area contributed by atoms with E-state index in [-0.39, 0.29) is 30.0 Å². The number of hydrogen-bond donors (Lipinski definition) is 0. The van der Waals surface area contributed by atoms with E-state index in [1.165, 1.54) is 21.4 Å². The monoisotopic (exact) mass is 458 g/mol. The lowest BCUT2D eigenvalue weighted by Gasteiger charge is -2.29. The number of pyridine rings is 1. The van der Waals surface area contributed by atoms with Crippen molar-refractivity contribution >= 4 is 15.1 Å². The Kier molecular flexibility index (Phi) is 7.46. The van der Waals surface area contributed by atoms with Crippen molar-refractivity contribution in [3.8, 4) is 17.3 Å². The number of alkyl halides is 2. The number of hydrogen-bond acceptors (Lipinski definition) is 5. The van der Waals surface area contributed by atoms with E-state index in [9.17, 15) is 13.6 Å². The van der Waals surface area contributed by atoms with Gasteiger partial charge in [-0.2, -0.15) is 8.78 Å². The molecule has 0 saturated carbocycles. The van der Waals surface area contributed by atoms with E-state index >= 15 is 0 Å². The van der Waals surface area contributed by atoms with E-state index < -0.39 is 5.66 Å². The summed E-state index contributed by atoms with van der Waals surface area (Å²) in [5.41, 5.74) is -1.16. The van der Waals surface area contributed by atoms with Gasteiger partial charge in [-0.25, -0.2) is 15.0 Å². The second-order valence-electron chi connectivity index (χ2n) is 7.33. The third-order valence-electron chi connectivity index (χ3n) is 5.02. The Labute approximate surface area is 188 Å². The fraction of sp³-hybridized carbons (Fsp3) is 0.304. The van der Waals surface area contributed by atoms with Gasteiger partial charge in [-0.3, -0.25) is 4.79 Å². The normalized spacial score (nSPS) is 12.3. The standard InChI is InChI=1S/C23H25F2N4O2P/c1-4-29(16(3)14-31-19-10-9-17(13-28-19)23(24,25)32)22(30)18-8-5-7-15(2)20(18)21-26-11-6-12-27-21/h5-13,16H,4,14,32H2,1-3H3. The number of ether oxygens (including phenoxy) is 1. The molecule has 0 fully saturated rings. The minimum absolute atomic E-state index is 0.159. The van der Waals surface area contributed by atoms with Crippen molar-refractivity contribution in [3.05, 3.63) is 71.7 Å². The highest BCUT2D eigenvalue weighted by Gasteiger charge is 2.26. The van der Waals surface area contributed by atoms with Gasteiger partial charge in [0.1, 0.15) is 6.61 Å².